The van der Waals surface area contributed by atoms with E-state index in [1.165, 1.54) is 4.68 Å². The molecule has 13 heavy (non-hydrogen) atoms. The molecule has 0 N–H and O–H groups in total. The number of nitrogens with zero attached hydrogens (tertiary/aromatic N) is 3. The van der Waals surface area contributed by atoms with E-state index in [9.17, 15) is 8.42 Å². The molecule has 0 atom stereocenters. The zero-order valence-corrected chi connectivity index (χ0v) is 9.09. The fourth-order valence-electron chi connectivity index (χ4n) is 1.04. The van der Waals surface area contributed by atoms with Gasteiger partial charge < -0.3 is 0 Å². The molecule has 0 unspecified atom stereocenters. The number of rotatable bonds is 2. The maximum atomic E-state index is 10.9. The molecule has 0 saturated carbocycles. The zero-order chi connectivity index (χ0) is 10.2. The van der Waals surface area contributed by atoms with Crippen LogP contribution in [-0.2, 0) is 9.05 Å². The summed E-state index contributed by atoms with van der Waals surface area (Å²) in [6.45, 7) is 5.38. The second kappa shape index (κ2) is 3.26. The molecule has 1 rings (SSSR count). The molecule has 5 nitrogen and oxygen atoms in total. The molecule has 0 saturated heterocycles. The SMILES string of the molecule is Cc1c(S(=O)(=O)Cl)nnn1C(C)C. The summed E-state index contributed by atoms with van der Waals surface area (Å²) in [4.78, 5) is 0. The van der Waals surface area contributed by atoms with Crippen LogP contribution in [0.25, 0.3) is 0 Å². The second-order valence-corrected chi connectivity index (χ2v) is 5.44. The van der Waals surface area contributed by atoms with Gasteiger partial charge in [-0.15, -0.1) is 5.10 Å². The van der Waals surface area contributed by atoms with Gasteiger partial charge in [-0.1, -0.05) is 5.21 Å². The highest BCUT2D eigenvalue weighted by Crippen LogP contribution is 2.18. The summed E-state index contributed by atoms with van der Waals surface area (Å²) in [5.41, 5.74) is 0.463. The molecule has 0 amide bonds. The predicted octanol–water partition coefficient (Wildman–Crippen LogP) is 1.09. The lowest BCUT2D eigenvalue weighted by Gasteiger charge is -2.05. The molecule has 0 aliphatic carbocycles. The van der Waals surface area contributed by atoms with Crippen LogP contribution in [-0.4, -0.2) is 23.4 Å². The second-order valence-electron chi connectivity index (χ2n) is 2.96. The van der Waals surface area contributed by atoms with E-state index in [1.54, 1.807) is 6.92 Å². The fourth-order valence-corrected chi connectivity index (χ4v) is 2.05. The van der Waals surface area contributed by atoms with Gasteiger partial charge in [-0.3, -0.25) is 0 Å². The maximum absolute atomic E-state index is 10.9. The lowest BCUT2D eigenvalue weighted by Crippen LogP contribution is -2.05. The minimum Gasteiger partial charge on any atom is -0.246 e. The van der Waals surface area contributed by atoms with Gasteiger partial charge in [0.2, 0.25) is 5.03 Å². The predicted molar refractivity (Wildman–Crippen MR) is 48.2 cm³/mol. The first kappa shape index (κ1) is 10.5. The molecule has 0 fully saturated rings. The van der Waals surface area contributed by atoms with Gasteiger partial charge >= 0.3 is 0 Å². The van der Waals surface area contributed by atoms with Crippen molar-refractivity contribution in [3.8, 4) is 0 Å². The molecule has 0 aromatic carbocycles. The monoisotopic (exact) mass is 223 g/mol. The average molecular weight is 224 g/mol. The zero-order valence-electron chi connectivity index (χ0n) is 7.52. The first-order valence-electron chi connectivity index (χ1n) is 3.70. The van der Waals surface area contributed by atoms with Crippen LogP contribution < -0.4 is 0 Å². The topological polar surface area (TPSA) is 64.8 Å². The van der Waals surface area contributed by atoms with E-state index in [1.807, 2.05) is 13.8 Å². The van der Waals surface area contributed by atoms with Crippen molar-refractivity contribution in [1.82, 2.24) is 15.0 Å². The van der Waals surface area contributed by atoms with Gasteiger partial charge in [-0.05, 0) is 20.8 Å². The van der Waals surface area contributed by atoms with Gasteiger partial charge in [-0.2, -0.15) is 0 Å². The van der Waals surface area contributed by atoms with E-state index < -0.39 is 9.05 Å². The van der Waals surface area contributed by atoms with E-state index in [2.05, 4.69) is 10.3 Å². The van der Waals surface area contributed by atoms with Crippen molar-refractivity contribution in [2.24, 2.45) is 0 Å². The van der Waals surface area contributed by atoms with Crippen LogP contribution in [0.2, 0.25) is 0 Å². The molecule has 1 aromatic rings. The Balaban J connectivity index is 3.30. The van der Waals surface area contributed by atoms with E-state index in [0.29, 0.717) is 5.69 Å². The van der Waals surface area contributed by atoms with Crippen LogP contribution >= 0.6 is 10.7 Å². The molecule has 7 heteroatoms. The van der Waals surface area contributed by atoms with Gasteiger partial charge in [0.25, 0.3) is 9.05 Å². The Labute approximate surface area is 81.1 Å². The highest BCUT2D eigenvalue weighted by Gasteiger charge is 2.21. The first-order valence-corrected chi connectivity index (χ1v) is 6.01. The number of hydrogen-bond acceptors (Lipinski definition) is 4. The Morgan fingerprint density at radius 2 is 2.00 bits per heavy atom. The molecule has 0 spiro atoms. The third kappa shape index (κ3) is 2.00. The number of aromatic nitrogens is 3. The van der Waals surface area contributed by atoms with Gasteiger partial charge in [-0.25, -0.2) is 13.1 Å². The Morgan fingerprint density at radius 3 is 2.23 bits per heavy atom. The highest BCUT2D eigenvalue weighted by molar-refractivity contribution is 8.13. The van der Waals surface area contributed by atoms with Crippen LogP contribution in [0.3, 0.4) is 0 Å². The summed E-state index contributed by atoms with van der Waals surface area (Å²) >= 11 is 0. The van der Waals surface area contributed by atoms with Crippen molar-refractivity contribution in [1.29, 1.82) is 0 Å². The minimum absolute atomic E-state index is 0.0691. The van der Waals surface area contributed by atoms with E-state index in [0.717, 1.165) is 0 Å². The van der Waals surface area contributed by atoms with Gasteiger partial charge in [0.05, 0.1) is 5.69 Å². The fraction of sp³-hybridized carbons (Fsp3) is 0.667. The standard InChI is InChI=1S/C6H10ClN3O2S/c1-4(2)10-5(3)6(8-9-10)13(7,11)12/h4H,1-3H3. The van der Waals surface area contributed by atoms with Gasteiger partial charge in [0.15, 0.2) is 0 Å². The highest BCUT2D eigenvalue weighted by atomic mass is 35.7. The van der Waals surface area contributed by atoms with E-state index >= 15 is 0 Å². The molecule has 1 heterocycles. The molecule has 0 radical (unpaired) electrons. The third-order valence-electron chi connectivity index (χ3n) is 1.61. The number of halogens is 1. The smallest absolute Gasteiger partial charge is 0.246 e. The molecular formula is C6H10ClN3O2S. The summed E-state index contributed by atoms with van der Waals surface area (Å²) in [5.74, 6) is 0. The van der Waals surface area contributed by atoms with Crippen molar-refractivity contribution < 1.29 is 8.42 Å². The van der Waals surface area contributed by atoms with Crippen LogP contribution in [0.4, 0.5) is 0 Å². The lowest BCUT2D eigenvalue weighted by atomic mass is 10.4. The largest absolute Gasteiger partial charge is 0.282 e. The lowest BCUT2D eigenvalue weighted by molar-refractivity contribution is 0.502. The normalized spacial score (nSPS) is 12.4. The molecule has 0 aliphatic rings. The Morgan fingerprint density at radius 1 is 1.46 bits per heavy atom. The van der Waals surface area contributed by atoms with Crippen LogP contribution in [0, 0.1) is 6.92 Å². The summed E-state index contributed by atoms with van der Waals surface area (Å²) in [6.07, 6.45) is 0. The molecule has 0 aliphatic heterocycles. The average Bonchev–Trinajstić information content (AvgIpc) is 2.28. The summed E-state index contributed by atoms with van der Waals surface area (Å²) in [5, 5.41) is 7.02. The van der Waals surface area contributed by atoms with E-state index in [-0.39, 0.29) is 11.1 Å². The molecule has 0 bridgehead atoms. The molecule has 1 aromatic heterocycles. The first-order chi connectivity index (χ1) is 5.84. The van der Waals surface area contributed by atoms with Crippen molar-refractivity contribution >= 4 is 19.7 Å². The van der Waals surface area contributed by atoms with E-state index in [4.69, 9.17) is 10.7 Å². The van der Waals surface area contributed by atoms with Crippen LogP contribution in [0.5, 0.6) is 0 Å². The third-order valence-corrected chi connectivity index (χ3v) is 2.88. The molecular weight excluding hydrogens is 214 g/mol. The maximum Gasteiger partial charge on any atom is 0.282 e. The quantitative estimate of drug-likeness (QED) is 0.705. The Kier molecular flexibility index (Phi) is 2.63. The molecule has 74 valence electrons. The Hall–Kier alpha value is -0.620. The summed E-state index contributed by atoms with van der Waals surface area (Å²) in [7, 11) is 1.37. The summed E-state index contributed by atoms with van der Waals surface area (Å²) < 4.78 is 23.4. The van der Waals surface area contributed by atoms with Crippen LogP contribution in [0.15, 0.2) is 5.03 Å². The minimum atomic E-state index is -3.77. The van der Waals surface area contributed by atoms with Crippen LogP contribution in [0.1, 0.15) is 25.6 Å². The number of hydrogen-bond donors (Lipinski definition) is 0. The summed E-state index contributed by atoms with van der Waals surface area (Å²) in [6, 6.07) is 0.0691. The van der Waals surface area contributed by atoms with Crippen molar-refractivity contribution in [3.63, 3.8) is 0 Å². The van der Waals surface area contributed by atoms with Crippen molar-refractivity contribution in [3.05, 3.63) is 5.69 Å². The van der Waals surface area contributed by atoms with Gasteiger partial charge in [0, 0.05) is 16.7 Å². The van der Waals surface area contributed by atoms with Crippen molar-refractivity contribution in [2.75, 3.05) is 0 Å². The van der Waals surface area contributed by atoms with Gasteiger partial charge in [0.1, 0.15) is 0 Å². The Bertz CT molecular complexity index is 410. The van der Waals surface area contributed by atoms with Crippen molar-refractivity contribution in [2.45, 2.75) is 31.8 Å².